The number of benzene rings is 12. The minimum atomic E-state index is 0.897. The molecule has 71 heavy (non-hydrogen) atoms. The molecule has 0 amide bonds. The number of fused-ring (bicyclic) bond motifs is 9. The fourth-order valence-corrected chi connectivity index (χ4v) is 11.0. The third kappa shape index (κ3) is 6.82. The van der Waals surface area contributed by atoms with Crippen molar-refractivity contribution in [1.82, 2.24) is 4.57 Å². The summed E-state index contributed by atoms with van der Waals surface area (Å²) in [6.45, 7) is 0. The molecule has 0 radical (unpaired) electrons. The second-order valence-corrected chi connectivity index (χ2v) is 18.4. The highest BCUT2D eigenvalue weighted by atomic mass is 16.3. The lowest BCUT2D eigenvalue weighted by molar-refractivity contribution is 0.670. The van der Waals surface area contributed by atoms with Crippen LogP contribution in [0.5, 0.6) is 0 Å². The third-order valence-electron chi connectivity index (χ3n) is 14.4. The second-order valence-electron chi connectivity index (χ2n) is 18.4. The zero-order chi connectivity index (χ0) is 46.8. The normalized spacial score (nSPS) is 11.7. The summed E-state index contributed by atoms with van der Waals surface area (Å²) >= 11 is 0. The molecule has 14 rings (SSSR count). The van der Waals surface area contributed by atoms with E-state index >= 15 is 0 Å². The second kappa shape index (κ2) is 16.7. The molecule has 3 heteroatoms. The third-order valence-corrected chi connectivity index (χ3v) is 14.4. The van der Waals surface area contributed by atoms with E-state index in [4.69, 9.17) is 4.42 Å². The lowest BCUT2D eigenvalue weighted by atomic mass is 9.95. The van der Waals surface area contributed by atoms with E-state index in [1.807, 2.05) is 12.1 Å². The van der Waals surface area contributed by atoms with Crippen molar-refractivity contribution < 1.29 is 4.42 Å². The minimum Gasteiger partial charge on any atom is -0.455 e. The maximum absolute atomic E-state index is 6.51. The molecule has 0 fully saturated rings. The molecule has 0 bridgehead atoms. The van der Waals surface area contributed by atoms with Gasteiger partial charge in [-0.15, -0.1) is 0 Å². The van der Waals surface area contributed by atoms with Crippen molar-refractivity contribution >= 4 is 82.4 Å². The number of para-hydroxylation sites is 5. The summed E-state index contributed by atoms with van der Waals surface area (Å²) in [7, 11) is 0. The molecule has 3 nitrogen and oxygen atoms in total. The van der Waals surface area contributed by atoms with Gasteiger partial charge in [0.05, 0.1) is 22.4 Å². The van der Waals surface area contributed by atoms with Crippen LogP contribution in [0.25, 0.3) is 115 Å². The van der Waals surface area contributed by atoms with Crippen LogP contribution >= 0.6 is 0 Å². The first-order chi connectivity index (χ1) is 35.2. The van der Waals surface area contributed by atoms with Crippen LogP contribution < -0.4 is 4.90 Å². The van der Waals surface area contributed by atoms with Crippen molar-refractivity contribution in [2.75, 3.05) is 4.90 Å². The predicted molar refractivity (Wildman–Crippen MR) is 299 cm³/mol. The van der Waals surface area contributed by atoms with Crippen molar-refractivity contribution in [2.24, 2.45) is 0 Å². The Morgan fingerprint density at radius 3 is 1.61 bits per heavy atom. The van der Waals surface area contributed by atoms with E-state index < -0.39 is 0 Å². The van der Waals surface area contributed by atoms with E-state index in [9.17, 15) is 0 Å². The quantitative estimate of drug-likeness (QED) is 0.142. The summed E-state index contributed by atoms with van der Waals surface area (Å²) in [4.78, 5) is 2.40. The molecule has 2 aromatic heterocycles. The Labute approximate surface area is 411 Å². The number of furan rings is 1. The molecule has 0 N–H and O–H groups in total. The summed E-state index contributed by atoms with van der Waals surface area (Å²) in [6.07, 6.45) is 0. The number of nitrogens with zero attached hydrogens (tertiary/aromatic N) is 2. The summed E-state index contributed by atoms with van der Waals surface area (Å²) in [5.74, 6) is 0. The molecule has 0 unspecified atom stereocenters. The Bertz CT molecular complexity index is 4280. The number of aromatic nitrogens is 1. The van der Waals surface area contributed by atoms with Crippen LogP contribution in [-0.4, -0.2) is 4.57 Å². The van der Waals surface area contributed by atoms with Crippen LogP contribution in [0.4, 0.5) is 17.1 Å². The van der Waals surface area contributed by atoms with Gasteiger partial charge in [-0.2, -0.15) is 0 Å². The van der Waals surface area contributed by atoms with Gasteiger partial charge in [-0.3, -0.25) is 0 Å². The molecule has 0 aliphatic carbocycles. The van der Waals surface area contributed by atoms with Crippen molar-refractivity contribution in [2.45, 2.75) is 0 Å². The Hall–Kier alpha value is -9.44. The van der Waals surface area contributed by atoms with Gasteiger partial charge in [-0.1, -0.05) is 206 Å². The van der Waals surface area contributed by atoms with Crippen molar-refractivity contribution in [3.8, 4) is 50.2 Å². The SMILES string of the molecule is c1ccc(-c2ccc(-c3ccc(N(c4ccc(-c5cccc6c5oc5ccccc56)cc4)c4ccccc4-c4ccc5c(ccc6ccccc65)c4)cc3)c(-n3c4ccccc4c4ccccc43)c2)cc1. The van der Waals surface area contributed by atoms with E-state index in [0.717, 1.165) is 78.1 Å². The summed E-state index contributed by atoms with van der Waals surface area (Å²) in [5, 5.41) is 9.71. The van der Waals surface area contributed by atoms with Crippen molar-refractivity contribution in [3.63, 3.8) is 0 Å². The molecule has 14 aromatic rings. The van der Waals surface area contributed by atoms with Crippen LogP contribution in [0.2, 0.25) is 0 Å². The van der Waals surface area contributed by atoms with Gasteiger partial charge in [0.25, 0.3) is 0 Å². The van der Waals surface area contributed by atoms with Crippen LogP contribution in [0.1, 0.15) is 0 Å². The Kier molecular flexibility index (Phi) is 9.53. The number of anilines is 3. The maximum Gasteiger partial charge on any atom is 0.143 e. The molecule has 0 atom stereocenters. The van der Waals surface area contributed by atoms with E-state index in [1.165, 1.54) is 54.5 Å². The fourth-order valence-electron chi connectivity index (χ4n) is 11.0. The van der Waals surface area contributed by atoms with E-state index in [-0.39, 0.29) is 0 Å². The molecule has 0 saturated heterocycles. The van der Waals surface area contributed by atoms with Gasteiger partial charge in [0.15, 0.2) is 0 Å². The van der Waals surface area contributed by atoms with E-state index in [1.54, 1.807) is 0 Å². The molecule has 2 heterocycles. The fraction of sp³-hybridized carbons (Fsp3) is 0. The van der Waals surface area contributed by atoms with Gasteiger partial charge < -0.3 is 13.9 Å². The first-order valence-electron chi connectivity index (χ1n) is 24.3. The number of rotatable bonds is 8. The molecule has 0 aliphatic heterocycles. The first kappa shape index (κ1) is 40.6. The van der Waals surface area contributed by atoms with Crippen LogP contribution in [0.15, 0.2) is 271 Å². The van der Waals surface area contributed by atoms with Gasteiger partial charge in [0, 0.05) is 49.6 Å². The molecule has 12 aromatic carbocycles. The average Bonchev–Trinajstić information content (AvgIpc) is 4.00. The highest BCUT2D eigenvalue weighted by molar-refractivity contribution is 6.12. The Morgan fingerprint density at radius 1 is 0.296 bits per heavy atom. The largest absolute Gasteiger partial charge is 0.455 e. The molecule has 332 valence electrons. The Morgan fingerprint density at radius 2 is 0.845 bits per heavy atom. The van der Waals surface area contributed by atoms with Crippen molar-refractivity contribution in [1.29, 1.82) is 0 Å². The smallest absolute Gasteiger partial charge is 0.143 e. The molecular weight excluding hydrogens is 861 g/mol. The summed E-state index contributed by atoms with van der Waals surface area (Å²) in [6, 6.07) is 96.8. The van der Waals surface area contributed by atoms with Crippen LogP contribution in [-0.2, 0) is 0 Å². The summed E-state index contributed by atoms with van der Waals surface area (Å²) in [5.41, 5.74) is 17.6. The lowest BCUT2D eigenvalue weighted by Crippen LogP contribution is -2.11. The Balaban J connectivity index is 0.927. The van der Waals surface area contributed by atoms with E-state index in [0.29, 0.717) is 0 Å². The van der Waals surface area contributed by atoms with Gasteiger partial charge >= 0.3 is 0 Å². The zero-order valence-corrected chi connectivity index (χ0v) is 38.7. The van der Waals surface area contributed by atoms with Gasteiger partial charge in [-0.25, -0.2) is 0 Å². The van der Waals surface area contributed by atoms with Crippen molar-refractivity contribution in [3.05, 3.63) is 267 Å². The highest BCUT2D eigenvalue weighted by Gasteiger charge is 2.21. The number of hydrogen-bond donors (Lipinski definition) is 0. The molecule has 0 spiro atoms. The maximum atomic E-state index is 6.51. The predicted octanol–water partition coefficient (Wildman–Crippen LogP) is 19.1. The van der Waals surface area contributed by atoms with Gasteiger partial charge in [0.1, 0.15) is 11.2 Å². The molecule has 0 aliphatic rings. The topological polar surface area (TPSA) is 21.3 Å². The summed E-state index contributed by atoms with van der Waals surface area (Å²) < 4.78 is 8.96. The first-order valence-corrected chi connectivity index (χ1v) is 24.3. The van der Waals surface area contributed by atoms with Crippen LogP contribution in [0.3, 0.4) is 0 Å². The zero-order valence-electron chi connectivity index (χ0n) is 38.7. The highest BCUT2D eigenvalue weighted by Crippen LogP contribution is 2.45. The lowest BCUT2D eigenvalue weighted by Gasteiger charge is -2.28. The van der Waals surface area contributed by atoms with Gasteiger partial charge in [0.2, 0.25) is 0 Å². The average molecular weight is 905 g/mol. The molecule has 0 saturated carbocycles. The van der Waals surface area contributed by atoms with Crippen LogP contribution in [0, 0.1) is 0 Å². The minimum absolute atomic E-state index is 0.897. The molecular formula is C68H44N2O. The standard InChI is InChI=1S/C68H44N2O/c1-2-15-45(16-3-1)49-35-42-57(66(44-49)70-64-26-11-7-20-59(64)60-21-8-12-27-65(60)70)47-31-37-52(38-32-47)69(53-39-33-48(34-40-53)58-23-14-24-62-61-22-9-13-28-67(61)71-68(58)62)63-25-10-6-19-56(63)51-36-41-55-50(43-51)30-29-46-17-4-5-18-54(46)55/h1-44H. The van der Waals surface area contributed by atoms with Gasteiger partial charge in [-0.05, 0) is 110 Å². The number of hydrogen-bond acceptors (Lipinski definition) is 2. The monoisotopic (exact) mass is 904 g/mol. The van der Waals surface area contributed by atoms with E-state index in [2.05, 4.69) is 264 Å².